The molecule has 0 aromatic rings. The molecule has 92 valence electrons. The van der Waals surface area contributed by atoms with E-state index in [1.54, 1.807) is 0 Å². The summed E-state index contributed by atoms with van der Waals surface area (Å²) in [5.41, 5.74) is 0. The number of carbonyl (C=O) groups is 3. The van der Waals surface area contributed by atoms with Gasteiger partial charge in [-0.05, 0) is 6.42 Å². The van der Waals surface area contributed by atoms with Crippen molar-refractivity contribution in [3.63, 3.8) is 0 Å². The van der Waals surface area contributed by atoms with Gasteiger partial charge < -0.3 is 14.3 Å². The average molecular weight is 230 g/mol. The largest absolute Gasteiger partial charge is 0.463 e. The third-order valence-corrected chi connectivity index (χ3v) is 1.96. The Balaban J connectivity index is 4.31. The standard InChI is InChI=1S/C11H18O5/c1-4-5-6-15-11(14)10(8(2)7-12)16-9(3)13/h7-8,10H,4-6H2,1-3H3. The summed E-state index contributed by atoms with van der Waals surface area (Å²) in [5.74, 6) is -1.97. The van der Waals surface area contributed by atoms with E-state index in [2.05, 4.69) is 0 Å². The Morgan fingerprint density at radius 2 is 2.00 bits per heavy atom. The van der Waals surface area contributed by atoms with E-state index >= 15 is 0 Å². The molecule has 2 atom stereocenters. The lowest BCUT2D eigenvalue weighted by molar-refractivity contribution is -0.170. The molecule has 0 bridgehead atoms. The van der Waals surface area contributed by atoms with Gasteiger partial charge in [-0.1, -0.05) is 20.3 Å². The molecule has 0 aliphatic heterocycles. The number of carbonyl (C=O) groups excluding carboxylic acids is 3. The van der Waals surface area contributed by atoms with Crippen LogP contribution in [0, 0.1) is 5.92 Å². The quantitative estimate of drug-likeness (QED) is 0.372. The molecule has 0 N–H and O–H groups in total. The van der Waals surface area contributed by atoms with Gasteiger partial charge in [-0.15, -0.1) is 0 Å². The molecule has 0 aliphatic carbocycles. The van der Waals surface area contributed by atoms with Gasteiger partial charge in [0.1, 0.15) is 6.29 Å². The molecular weight excluding hydrogens is 212 g/mol. The molecule has 0 aliphatic rings. The molecule has 0 spiro atoms. The third-order valence-electron chi connectivity index (χ3n) is 1.96. The Morgan fingerprint density at radius 3 is 2.44 bits per heavy atom. The van der Waals surface area contributed by atoms with Crippen LogP contribution in [0.4, 0.5) is 0 Å². The fourth-order valence-electron chi connectivity index (χ4n) is 1.02. The van der Waals surface area contributed by atoms with E-state index in [4.69, 9.17) is 9.47 Å². The second kappa shape index (κ2) is 7.84. The number of hydrogen-bond acceptors (Lipinski definition) is 5. The Hall–Kier alpha value is -1.39. The molecule has 0 saturated heterocycles. The first-order chi connectivity index (χ1) is 7.52. The average Bonchev–Trinajstić information content (AvgIpc) is 2.24. The minimum Gasteiger partial charge on any atom is -0.463 e. The Bertz CT molecular complexity index is 249. The van der Waals surface area contributed by atoms with E-state index in [1.165, 1.54) is 13.8 Å². The van der Waals surface area contributed by atoms with Gasteiger partial charge in [-0.2, -0.15) is 0 Å². The summed E-state index contributed by atoms with van der Waals surface area (Å²) in [5, 5.41) is 0. The molecule has 2 unspecified atom stereocenters. The number of esters is 2. The molecule has 0 amide bonds. The summed E-state index contributed by atoms with van der Waals surface area (Å²) in [6.45, 7) is 4.93. The highest BCUT2D eigenvalue weighted by atomic mass is 16.6. The van der Waals surface area contributed by atoms with Crippen LogP contribution in [0.5, 0.6) is 0 Å². The van der Waals surface area contributed by atoms with Crippen LogP contribution in [0.15, 0.2) is 0 Å². The highest BCUT2D eigenvalue weighted by molar-refractivity contribution is 5.81. The summed E-state index contributed by atoms with van der Waals surface area (Å²) >= 11 is 0. The molecule has 0 saturated carbocycles. The maximum atomic E-state index is 11.5. The zero-order chi connectivity index (χ0) is 12.6. The molecular formula is C11H18O5. The van der Waals surface area contributed by atoms with Crippen LogP contribution in [-0.4, -0.2) is 30.9 Å². The summed E-state index contributed by atoms with van der Waals surface area (Å²) in [6, 6.07) is 0. The van der Waals surface area contributed by atoms with Gasteiger partial charge in [0.25, 0.3) is 0 Å². The molecule has 5 nitrogen and oxygen atoms in total. The number of unbranched alkanes of at least 4 members (excludes halogenated alkanes) is 1. The van der Waals surface area contributed by atoms with Crippen molar-refractivity contribution in [2.45, 2.75) is 39.7 Å². The predicted octanol–water partition coefficient (Wildman–Crippen LogP) is 1.10. The fraction of sp³-hybridized carbons (Fsp3) is 0.727. The van der Waals surface area contributed by atoms with Gasteiger partial charge in [0.05, 0.1) is 12.5 Å². The summed E-state index contributed by atoms with van der Waals surface area (Å²) in [4.78, 5) is 32.8. The third kappa shape index (κ3) is 5.48. The Labute approximate surface area is 95.1 Å². The van der Waals surface area contributed by atoms with Crippen molar-refractivity contribution < 1.29 is 23.9 Å². The maximum absolute atomic E-state index is 11.5. The zero-order valence-electron chi connectivity index (χ0n) is 9.89. The van der Waals surface area contributed by atoms with E-state index in [0.717, 1.165) is 12.8 Å². The van der Waals surface area contributed by atoms with Gasteiger partial charge in [0, 0.05) is 6.92 Å². The van der Waals surface area contributed by atoms with E-state index in [0.29, 0.717) is 6.29 Å². The van der Waals surface area contributed by atoms with Crippen LogP contribution >= 0.6 is 0 Å². The summed E-state index contributed by atoms with van der Waals surface area (Å²) < 4.78 is 9.64. The Morgan fingerprint density at radius 1 is 1.38 bits per heavy atom. The van der Waals surface area contributed by atoms with Crippen molar-refractivity contribution in [2.75, 3.05) is 6.61 Å². The molecule has 0 heterocycles. The highest BCUT2D eigenvalue weighted by Crippen LogP contribution is 2.08. The fourth-order valence-corrected chi connectivity index (χ4v) is 1.02. The molecule has 0 aromatic carbocycles. The second-order valence-corrected chi connectivity index (χ2v) is 3.55. The minimum absolute atomic E-state index is 0.276. The van der Waals surface area contributed by atoms with Gasteiger partial charge in [0.2, 0.25) is 6.10 Å². The molecule has 0 fully saturated rings. The van der Waals surface area contributed by atoms with Crippen LogP contribution in [0.1, 0.15) is 33.6 Å². The van der Waals surface area contributed by atoms with Gasteiger partial charge in [-0.25, -0.2) is 4.79 Å². The van der Waals surface area contributed by atoms with Crippen molar-refractivity contribution in [3.8, 4) is 0 Å². The zero-order valence-corrected chi connectivity index (χ0v) is 9.89. The van der Waals surface area contributed by atoms with E-state index in [1.807, 2.05) is 6.92 Å². The van der Waals surface area contributed by atoms with Crippen LogP contribution in [0.25, 0.3) is 0 Å². The van der Waals surface area contributed by atoms with E-state index in [9.17, 15) is 14.4 Å². The van der Waals surface area contributed by atoms with Crippen molar-refractivity contribution in [3.05, 3.63) is 0 Å². The lowest BCUT2D eigenvalue weighted by Crippen LogP contribution is -2.35. The lowest BCUT2D eigenvalue weighted by Gasteiger charge is -2.18. The Kier molecular flexibility index (Phi) is 7.16. The van der Waals surface area contributed by atoms with Gasteiger partial charge in [-0.3, -0.25) is 4.79 Å². The summed E-state index contributed by atoms with van der Waals surface area (Å²) in [6.07, 6.45) is 1.07. The van der Waals surface area contributed by atoms with Crippen LogP contribution in [-0.2, 0) is 23.9 Å². The normalized spacial score (nSPS) is 13.7. The SMILES string of the molecule is CCCCOC(=O)C(OC(C)=O)C(C)C=O. The number of rotatable bonds is 7. The monoisotopic (exact) mass is 230 g/mol. The maximum Gasteiger partial charge on any atom is 0.348 e. The predicted molar refractivity (Wildman–Crippen MR) is 56.6 cm³/mol. The van der Waals surface area contributed by atoms with Crippen LogP contribution in [0.2, 0.25) is 0 Å². The van der Waals surface area contributed by atoms with Gasteiger partial charge >= 0.3 is 11.9 Å². The first-order valence-corrected chi connectivity index (χ1v) is 5.32. The van der Waals surface area contributed by atoms with Crippen molar-refractivity contribution in [2.24, 2.45) is 5.92 Å². The molecule has 0 radical (unpaired) electrons. The van der Waals surface area contributed by atoms with Crippen molar-refractivity contribution >= 4 is 18.2 Å². The van der Waals surface area contributed by atoms with Gasteiger partial charge in [0.15, 0.2) is 0 Å². The molecule has 16 heavy (non-hydrogen) atoms. The van der Waals surface area contributed by atoms with E-state index < -0.39 is 24.0 Å². The molecule has 0 aromatic heterocycles. The number of hydrogen-bond donors (Lipinski definition) is 0. The lowest BCUT2D eigenvalue weighted by atomic mass is 10.1. The number of aldehydes is 1. The summed E-state index contributed by atoms with van der Waals surface area (Å²) in [7, 11) is 0. The van der Waals surface area contributed by atoms with Crippen LogP contribution < -0.4 is 0 Å². The van der Waals surface area contributed by atoms with Crippen molar-refractivity contribution in [1.29, 1.82) is 0 Å². The number of ether oxygens (including phenoxy) is 2. The molecule has 5 heteroatoms. The minimum atomic E-state index is -1.13. The van der Waals surface area contributed by atoms with Crippen molar-refractivity contribution in [1.82, 2.24) is 0 Å². The van der Waals surface area contributed by atoms with Crippen LogP contribution in [0.3, 0.4) is 0 Å². The first-order valence-electron chi connectivity index (χ1n) is 5.32. The van der Waals surface area contributed by atoms with E-state index in [-0.39, 0.29) is 6.61 Å². The molecule has 0 rings (SSSR count). The highest BCUT2D eigenvalue weighted by Gasteiger charge is 2.29. The smallest absolute Gasteiger partial charge is 0.348 e. The second-order valence-electron chi connectivity index (χ2n) is 3.55. The first kappa shape index (κ1) is 14.6. The topological polar surface area (TPSA) is 69.7 Å².